The SMILES string of the molecule is O=C1OC(Br)(c2ccccc2)c2ccccc21. The Morgan fingerprint density at radius 2 is 1.59 bits per heavy atom. The molecule has 2 nitrogen and oxygen atoms in total. The van der Waals surface area contributed by atoms with Crippen molar-refractivity contribution in [1.82, 2.24) is 0 Å². The minimum Gasteiger partial charge on any atom is -0.435 e. The molecule has 0 fully saturated rings. The van der Waals surface area contributed by atoms with Crippen LogP contribution < -0.4 is 0 Å². The second-order valence-electron chi connectivity index (χ2n) is 3.90. The summed E-state index contributed by atoms with van der Waals surface area (Å²) >= 11 is 3.55. The zero-order chi connectivity index (χ0) is 11.9. The van der Waals surface area contributed by atoms with Gasteiger partial charge in [0.1, 0.15) is 0 Å². The van der Waals surface area contributed by atoms with Crippen molar-refractivity contribution < 1.29 is 9.53 Å². The fourth-order valence-corrected chi connectivity index (χ4v) is 2.80. The number of hydrogen-bond donors (Lipinski definition) is 0. The van der Waals surface area contributed by atoms with Crippen LogP contribution in [0, 0.1) is 0 Å². The van der Waals surface area contributed by atoms with Gasteiger partial charge in [-0.2, -0.15) is 0 Å². The van der Waals surface area contributed by atoms with Gasteiger partial charge in [0.15, 0.2) is 0 Å². The topological polar surface area (TPSA) is 26.3 Å². The van der Waals surface area contributed by atoms with Gasteiger partial charge in [-0.3, -0.25) is 0 Å². The molecule has 0 aromatic heterocycles. The summed E-state index contributed by atoms with van der Waals surface area (Å²) in [5.41, 5.74) is 2.39. The summed E-state index contributed by atoms with van der Waals surface area (Å²) in [5.74, 6) is -0.290. The molecule has 1 aliphatic heterocycles. The Morgan fingerprint density at radius 1 is 0.941 bits per heavy atom. The van der Waals surface area contributed by atoms with Crippen LogP contribution in [0.15, 0.2) is 54.6 Å². The summed E-state index contributed by atoms with van der Waals surface area (Å²) in [7, 11) is 0. The van der Waals surface area contributed by atoms with Crippen molar-refractivity contribution in [2.75, 3.05) is 0 Å². The number of esters is 1. The standard InChI is InChI=1S/C14H9BrO2/c15-14(10-6-2-1-3-7-10)12-9-5-4-8-11(12)13(16)17-14/h1-9H. The molecule has 0 saturated heterocycles. The minimum atomic E-state index is -0.845. The average Bonchev–Trinajstić information content (AvgIpc) is 2.65. The summed E-state index contributed by atoms with van der Waals surface area (Å²) < 4.78 is 4.64. The normalized spacial score (nSPS) is 22.1. The molecule has 1 aliphatic rings. The molecular formula is C14H9BrO2. The molecule has 0 radical (unpaired) electrons. The zero-order valence-corrected chi connectivity index (χ0v) is 10.5. The van der Waals surface area contributed by atoms with Gasteiger partial charge in [0.25, 0.3) is 0 Å². The Morgan fingerprint density at radius 3 is 2.35 bits per heavy atom. The second-order valence-corrected chi connectivity index (χ2v) is 5.01. The first-order valence-electron chi connectivity index (χ1n) is 5.29. The molecule has 0 bridgehead atoms. The van der Waals surface area contributed by atoms with Crippen molar-refractivity contribution in [1.29, 1.82) is 0 Å². The molecular weight excluding hydrogens is 280 g/mol. The van der Waals surface area contributed by atoms with Crippen LogP contribution in [0.4, 0.5) is 0 Å². The number of alkyl halides is 1. The first-order chi connectivity index (χ1) is 8.22. The zero-order valence-electron chi connectivity index (χ0n) is 8.89. The molecule has 0 aliphatic carbocycles. The quantitative estimate of drug-likeness (QED) is 0.593. The Kier molecular flexibility index (Phi) is 2.30. The first kappa shape index (κ1) is 10.5. The largest absolute Gasteiger partial charge is 0.435 e. The summed E-state index contributed by atoms with van der Waals surface area (Å²) in [6.07, 6.45) is 0. The third kappa shape index (κ3) is 1.50. The van der Waals surface area contributed by atoms with Gasteiger partial charge in [-0.05, 0) is 22.0 Å². The molecule has 17 heavy (non-hydrogen) atoms. The summed E-state index contributed by atoms with van der Waals surface area (Å²) in [6, 6.07) is 17.1. The van der Waals surface area contributed by atoms with Crippen LogP contribution in [-0.4, -0.2) is 5.97 Å². The number of hydrogen-bond acceptors (Lipinski definition) is 2. The van der Waals surface area contributed by atoms with Crippen molar-refractivity contribution in [3.05, 3.63) is 71.3 Å². The van der Waals surface area contributed by atoms with Crippen molar-refractivity contribution >= 4 is 21.9 Å². The van der Waals surface area contributed by atoms with Crippen LogP contribution >= 0.6 is 15.9 Å². The third-order valence-electron chi connectivity index (χ3n) is 2.87. The van der Waals surface area contributed by atoms with E-state index in [9.17, 15) is 4.79 Å². The highest BCUT2D eigenvalue weighted by Gasteiger charge is 2.44. The summed E-state index contributed by atoms with van der Waals surface area (Å²) in [4.78, 5) is 11.8. The van der Waals surface area contributed by atoms with Crippen LogP contribution in [0.5, 0.6) is 0 Å². The van der Waals surface area contributed by atoms with Gasteiger partial charge >= 0.3 is 5.97 Å². The van der Waals surface area contributed by atoms with Crippen LogP contribution in [0.25, 0.3) is 0 Å². The molecule has 1 atom stereocenters. The number of ether oxygens (including phenoxy) is 1. The van der Waals surface area contributed by atoms with Crippen molar-refractivity contribution in [3.8, 4) is 0 Å². The number of halogens is 1. The number of rotatable bonds is 1. The minimum absolute atomic E-state index is 0.290. The van der Waals surface area contributed by atoms with E-state index in [0.717, 1.165) is 11.1 Å². The van der Waals surface area contributed by atoms with Gasteiger partial charge < -0.3 is 4.74 Å². The number of cyclic esters (lactones) is 1. The maximum absolute atomic E-state index is 11.8. The van der Waals surface area contributed by atoms with Gasteiger partial charge in [0, 0.05) is 11.1 Å². The van der Waals surface area contributed by atoms with Gasteiger partial charge in [-0.15, -0.1) is 0 Å². The van der Waals surface area contributed by atoms with E-state index in [1.165, 1.54) is 0 Å². The molecule has 3 rings (SSSR count). The fourth-order valence-electron chi connectivity index (χ4n) is 2.05. The van der Waals surface area contributed by atoms with Crippen LogP contribution in [0.1, 0.15) is 21.5 Å². The number of benzene rings is 2. The molecule has 2 aromatic carbocycles. The Bertz CT molecular complexity index is 580. The van der Waals surface area contributed by atoms with Crippen LogP contribution in [-0.2, 0) is 9.25 Å². The van der Waals surface area contributed by atoms with Crippen molar-refractivity contribution in [2.24, 2.45) is 0 Å². The molecule has 3 heteroatoms. The van der Waals surface area contributed by atoms with Crippen molar-refractivity contribution in [2.45, 2.75) is 4.51 Å². The predicted octanol–water partition coefficient (Wildman–Crippen LogP) is 3.45. The first-order valence-corrected chi connectivity index (χ1v) is 6.08. The van der Waals surface area contributed by atoms with E-state index in [4.69, 9.17) is 4.74 Å². The smallest absolute Gasteiger partial charge is 0.340 e. The Hall–Kier alpha value is -1.61. The van der Waals surface area contributed by atoms with E-state index >= 15 is 0 Å². The van der Waals surface area contributed by atoms with E-state index in [1.54, 1.807) is 6.07 Å². The lowest BCUT2D eigenvalue weighted by atomic mass is 9.99. The van der Waals surface area contributed by atoms with Gasteiger partial charge in [-0.1, -0.05) is 48.5 Å². The monoisotopic (exact) mass is 288 g/mol. The van der Waals surface area contributed by atoms with E-state index < -0.39 is 4.51 Å². The lowest BCUT2D eigenvalue weighted by Gasteiger charge is -2.22. The predicted molar refractivity (Wildman–Crippen MR) is 68.0 cm³/mol. The highest BCUT2D eigenvalue weighted by molar-refractivity contribution is 9.09. The van der Waals surface area contributed by atoms with E-state index in [0.29, 0.717) is 5.56 Å². The van der Waals surface area contributed by atoms with E-state index in [1.807, 2.05) is 48.5 Å². The van der Waals surface area contributed by atoms with Gasteiger partial charge in [0.05, 0.1) is 5.56 Å². The highest BCUT2D eigenvalue weighted by Crippen LogP contribution is 2.46. The highest BCUT2D eigenvalue weighted by atomic mass is 79.9. The lowest BCUT2D eigenvalue weighted by molar-refractivity contribution is 0.0400. The summed E-state index contributed by atoms with van der Waals surface area (Å²) in [6.45, 7) is 0. The Balaban J connectivity index is 2.21. The number of carbonyl (C=O) groups is 1. The van der Waals surface area contributed by atoms with E-state index in [2.05, 4.69) is 15.9 Å². The molecule has 1 unspecified atom stereocenters. The molecule has 2 aromatic rings. The lowest BCUT2D eigenvalue weighted by Crippen LogP contribution is -2.19. The molecule has 0 saturated carbocycles. The molecule has 0 N–H and O–H groups in total. The maximum atomic E-state index is 11.8. The fraction of sp³-hybridized carbons (Fsp3) is 0.0714. The third-order valence-corrected chi connectivity index (χ3v) is 3.92. The van der Waals surface area contributed by atoms with Crippen LogP contribution in [0.2, 0.25) is 0 Å². The number of fused-ring (bicyclic) bond motifs is 1. The molecule has 1 heterocycles. The molecule has 0 spiro atoms. The molecule has 84 valence electrons. The molecule has 0 amide bonds. The maximum Gasteiger partial charge on any atom is 0.340 e. The second kappa shape index (κ2) is 3.70. The van der Waals surface area contributed by atoms with E-state index in [-0.39, 0.29) is 5.97 Å². The number of carbonyl (C=O) groups excluding carboxylic acids is 1. The van der Waals surface area contributed by atoms with Crippen LogP contribution in [0.3, 0.4) is 0 Å². The average molecular weight is 289 g/mol. The van der Waals surface area contributed by atoms with Gasteiger partial charge in [-0.25, -0.2) is 4.79 Å². The van der Waals surface area contributed by atoms with Gasteiger partial charge in [0.2, 0.25) is 4.51 Å². The van der Waals surface area contributed by atoms with Crippen molar-refractivity contribution in [3.63, 3.8) is 0 Å². The summed E-state index contributed by atoms with van der Waals surface area (Å²) in [5, 5.41) is 0. The Labute approximate surface area is 107 Å².